The summed E-state index contributed by atoms with van der Waals surface area (Å²) in [6.45, 7) is 39.5. The molecule has 7 aromatic rings. The number of rotatable bonds is 3. The highest BCUT2D eigenvalue weighted by atomic mass is 32.1. The van der Waals surface area contributed by atoms with E-state index >= 15 is 0 Å². The second-order valence-electron chi connectivity index (χ2n) is 28.0. The Labute approximate surface area is 443 Å². The van der Waals surface area contributed by atoms with Gasteiger partial charge in [0.25, 0.3) is 6.71 Å². The zero-order valence-corrected chi connectivity index (χ0v) is 47.9. The van der Waals surface area contributed by atoms with Gasteiger partial charge in [-0.15, -0.1) is 11.3 Å². The zero-order chi connectivity index (χ0) is 51.4. The number of hydrogen-bond donors (Lipinski definition) is 0. The largest absolute Gasteiger partial charge is 0.311 e. The Balaban J connectivity index is 1.20. The number of benzene rings is 6. The van der Waals surface area contributed by atoms with Crippen LogP contribution in [0.3, 0.4) is 0 Å². The van der Waals surface area contributed by atoms with Crippen molar-refractivity contribution in [1.29, 1.82) is 0 Å². The molecule has 0 spiro atoms. The number of thiophene rings is 1. The Morgan fingerprint density at radius 1 is 0.534 bits per heavy atom. The summed E-state index contributed by atoms with van der Waals surface area (Å²) in [5.74, 6) is 2.12. The van der Waals surface area contributed by atoms with E-state index in [9.17, 15) is 0 Å². The van der Waals surface area contributed by atoms with Gasteiger partial charge in [-0.25, -0.2) is 0 Å². The van der Waals surface area contributed by atoms with Crippen LogP contribution < -0.4 is 25.5 Å². The lowest BCUT2D eigenvalue weighted by Crippen LogP contribution is -2.60. The monoisotopic (exact) mass is 979 g/mol. The van der Waals surface area contributed by atoms with Gasteiger partial charge in [0.1, 0.15) is 0 Å². The molecule has 0 N–H and O–H groups in total. The third kappa shape index (κ3) is 6.72. The van der Waals surface area contributed by atoms with E-state index in [1.165, 1.54) is 137 Å². The molecule has 6 aromatic carbocycles. The van der Waals surface area contributed by atoms with Crippen LogP contribution in [0.25, 0.3) is 21.2 Å². The molecule has 0 bridgehead atoms. The molecule has 3 heterocycles. The molecule has 0 amide bonds. The van der Waals surface area contributed by atoms with Gasteiger partial charge in [0.2, 0.25) is 0 Å². The second-order valence-corrected chi connectivity index (χ2v) is 29.1. The summed E-state index contributed by atoms with van der Waals surface area (Å²) >= 11 is 2.04. The first-order chi connectivity index (χ1) is 34.4. The van der Waals surface area contributed by atoms with Gasteiger partial charge in [0.15, 0.2) is 0 Å². The summed E-state index contributed by atoms with van der Waals surface area (Å²) in [6.07, 6.45) is 7.28. The predicted molar refractivity (Wildman–Crippen MR) is 318 cm³/mol. The minimum Gasteiger partial charge on any atom is -0.311 e. The Morgan fingerprint density at radius 2 is 1.07 bits per heavy atom. The van der Waals surface area contributed by atoms with Gasteiger partial charge in [0, 0.05) is 43.3 Å². The average molecular weight is 979 g/mol. The first-order valence-electron chi connectivity index (χ1n) is 28.3. The summed E-state index contributed by atoms with van der Waals surface area (Å²) in [4.78, 5) is 5.54. The average Bonchev–Trinajstić information content (AvgIpc) is 3.63. The van der Waals surface area contributed by atoms with Crippen LogP contribution in [0.15, 0.2) is 91.0 Å². The molecular formula is C69H79BN2S. The van der Waals surface area contributed by atoms with Crippen molar-refractivity contribution in [1.82, 2.24) is 0 Å². The highest BCUT2D eigenvalue weighted by Crippen LogP contribution is 2.61. The number of aryl methyl sites for hydroxylation is 1. The van der Waals surface area contributed by atoms with E-state index in [2.05, 4.69) is 212 Å². The summed E-state index contributed by atoms with van der Waals surface area (Å²) < 4.78 is 2.84. The van der Waals surface area contributed by atoms with Crippen molar-refractivity contribution >= 4 is 78.0 Å². The van der Waals surface area contributed by atoms with Crippen LogP contribution in [0, 0.1) is 6.92 Å². The van der Waals surface area contributed by atoms with Crippen LogP contribution in [0.2, 0.25) is 0 Å². The third-order valence-corrected chi connectivity index (χ3v) is 21.7. The normalized spacial score (nSPS) is 23.4. The topological polar surface area (TPSA) is 6.48 Å². The van der Waals surface area contributed by atoms with Crippen LogP contribution >= 0.6 is 11.3 Å². The molecule has 374 valence electrons. The smallest absolute Gasteiger partial charge is 0.264 e. The maximum Gasteiger partial charge on any atom is 0.264 e. The predicted octanol–water partition coefficient (Wildman–Crippen LogP) is 18.2. The van der Waals surface area contributed by atoms with Crippen molar-refractivity contribution in [3.05, 3.63) is 147 Å². The van der Waals surface area contributed by atoms with Gasteiger partial charge in [-0.2, -0.15) is 0 Å². The molecular weight excluding hydrogens is 900 g/mol. The van der Waals surface area contributed by atoms with Crippen molar-refractivity contribution in [3.63, 3.8) is 0 Å². The summed E-state index contributed by atoms with van der Waals surface area (Å²) in [6, 6.07) is 38.2. The van der Waals surface area contributed by atoms with E-state index in [4.69, 9.17) is 0 Å². The first-order valence-corrected chi connectivity index (χ1v) is 29.2. The Kier molecular flexibility index (Phi) is 10.1. The van der Waals surface area contributed by atoms with Crippen molar-refractivity contribution in [3.8, 4) is 11.1 Å². The van der Waals surface area contributed by atoms with Crippen molar-refractivity contribution in [2.24, 2.45) is 0 Å². The molecule has 1 aromatic heterocycles. The molecule has 0 radical (unpaired) electrons. The number of fused-ring (bicyclic) bond motifs is 10. The van der Waals surface area contributed by atoms with Gasteiger partial charge in [-0.1, -0.05) is 159 Å². The maximum absolute atomic E-state index is 2.81. The standard InChI is InChI=1S/C69H79BN2S/c1-38-19-26-58-49(31-38)63-64(73-58)70-54-36-52-53(69(15,16)30-18-29-68(52,13)14)37-55(54)71(46-24-25-50-51(34-46)67(11,12)28-17-27-66(50,9)10)56-32-43(61-59-41(4)39(2)47(59)35-48-40(3)42(5)60(48)61)33-57(62(56)70)72(63)45-22-20-44(21-23-45)65(6,7)8/h19-26,31-37,39-42H,17-18,27-30H2,1-16H3. The molecule has 4 atom stereocenters. The fourth-order valence-electron chi connectivity index (χ4n) is 15.5. The molecule has 2 nitrogen and oxygen atoms in total. The van der Waals surface area contributed by atoms with Crippen LogP contribution in [0.1, 0.15) is 222 Å². The van der Waals surface area contributed by atoms with E-state index in [0.29, 0.717) is 23.7 Å². The minimum absolute atomic E-state index is 0.0358. The van der Waals surface area contributed by atoms with E-state index in [0.717, 1.165) is 0 Å². The molecule has 4 unspecified atom stereocenters. The van der Waals surface area contributed by atoms with Gasteiger partial charge < -0.3 is 9.80 Å². The SMILES string of the molecule is Cc1ccc2sc3c(c2c1)N(c1ccc(C(C)(C)C)cc1)c1cc(-c2c4c(cc5c2C(C)C5C)C(C)C4C)cc2c1B3c1cc3c(cc1N2c1ccc2c(c1)C(C)(C)CCCC2(C)C)C(C)(C)CCCC3(C)C. The molecule has 0 fully saturated rings. The molecule has 13 rings (SSSR count). The molecule has 2 aliphatic heterocycles. The van der Waals surface area contributed by atoms with Crippen LogP contribution in [0.5, 0.6) is 0 Å². The quantitative estimate of drug-likeness (QED) is 0.129. The zero-order valence-electron chi connectivity index (χ0n) is 47.1. The first kappa shape index (κ1) is 47.6. The van der Waals surface area contributed by atoms with Gasteiger partial charge >= 0.3 is 0 Å². The fraction of sp³-hybridized carbons (Fsp3) is 0.449. The van der Waals surface area contributed by atoms with Gasteiger partial charge in [-0.3, -0.25) is 0 Å². The van der Waals surface area contributed by atoms with E-state index in [1.807, 2.05) is 11.3 Å². The van der Waals surface area contributed by atoms with Crippen LogP contribution in [0.4, 0.5) is 34.1 Å². The molecule has 0 saturated heterocycles. The molecule has 0 saturated carbocycles. The Morgan fingerprint density at radius 3 is 1.66 bits per heavy atom. The lowest BCUT2D eigenvalue weighted by molar-refractivity contribution is 0.433. The van der Waals surface area contributed by atoms with Crippen molar-refractivity contribution in [2.45, 2.75) is 200 Å². The molecule has 6 aliphatic rings. The number of anilines is 6. The molecule has 4 aliphatic carbocycles. The maximum atomic E-state index is 2.81. The Bertz CT molecular complexity index is 3460. The van der Waals surface area contributed by atoms with Crippen LogP contribution in [-0.4, -0.2) is 6.71 Å². The van der Waals surface area contributed by atoms with E-state index < -0.39 is 0 Å². The highest BCUT2D eigenvalue weighted by molar-refractivity contribution is 7.33. The number of nitrogens with zero attached hydrogens (tertiary/aromatic N) is 2. The number of hydrogen-bond acceptors (Lipinski definition) is 3. The van der Waals surface area contributed by atoms with Gasteiger partial charge in [-0.05, 0) is 210 Å². The third-order valence-electron chi connectivity index (χ3n) is 20.5. The van der Waals surface area contributed by atoms with Crippen molar-refractivity contribution < 1.29 is 0 Å². The van der Waals surface area contributed by atoms with Gasteiger partial charge in [0.05, 0.1) is 5.69 Å². The van der Waals surface area contributed by atoms with E-state index in [-0.39, 0.29) is 33.8 Å². The summed E-state index contributed by atoms with van der Waals surface area (Å²) in [7, 11) is 0. The lowest BCUT2D eigenvalue weighted by Gasteiger charge is -2.47. The lowest BCUT2D eigenvalue weighted by atomic mass is 9.35. The Hall–Kier alpha value is -5.06. The highest BCUT2D eigenvalue weighted by Gasteiger charge is 2.49. The van der Waals surface area contributed by atoms with Crippen molar-refractivity contribution in [2.75, 3.05) is 9.80 Å². The fourth-order valence-corrected chi connectivity index (χ4v) is 16.8. The minimum atomic E-state index is 0.0358. The summed E-state index contributed by atoms with van der Waals surface area (Å²) in [5.41, 5.74) is 29.2. The second kappa shape index (κ2) is 15.5. The van der Waals surface area contributed by atoms with E-state index in [1.54, 1.807) is 27.8 Å². The molecule has 73 heavy (non-hydrogen) atoms. The molecule has 4 heteroatoms. The summed E-state index contributed by atoms with van der Waals surface area (Å²) in [5, 5.41) is 1.37. The van der Waals surface area contributed by atoms with Crippen LogP contribution in [-0.2, 0) is 27.1 Å².